The molecule has 0 aromatic heterocycles. The van der Waals surface area contributed by atoms with Gasteiger partial charge in [0.2, 0.25) is 5.91 Å². The largest absolute Gasteiger partial charge is 0.327 e. The Morgan fingerprint density at radius 3 is 2.43 bits per heavy atom. The summed E-state index contributed by atoms with van der Waals surface area (Å²) in [7, 11) is 0. The zero-order chi connectivity index (χ0) is 15.1. The lowest BCUT2D eigenvalue weighted by molar-refractivity contribution is -0.122. The minimum atomic E-state index is -0.136. The van der Waals surface area contributed by atoms with Crippen LogP contribution in [-0.4, -0.2) is 18.5 Å². The van der Waals surface area contributed by atoms with Gasteiger partial charge in [-0.15, -0.1) is 12.4 Å². The number of nitrogens with two attached hydrogens (primary N) is 1. The number of anilines is 1. The van der Waals surface area contributed by atoms with Crippen LogP contribution in [0.4, 0.5) is 5.69 Å². The fraction of sp³-hybridized carbons (Fsp3) is 0.588. The molecule has 1 heterocycles. The van der Waals surface area contributed by atoms with Crippen LogP contribution in [0.3, 0.4) is 0 Å². The van der Waals surface area contributed by atoms with Crippen molar-refractivity contribution in [3.05, 3.63) is 29.3 Å². The quantitative estimate of drug-likeness (QED) is 0.911. The number of halogens is 1. The molecule has 0 bridgehead atoms. The van der Waals surface area contributed by atoms with Gasteiger partial charge in [-0.25, -0.2) is 0 Å². The number of benzene rings is 1. The van der Waals surface area contributed by atoms with Crippen LogP contribution < -0.4 is 10.6 Å². The summed E-state index contributed by atoms with van der Waals surface area (Å²) < 4.78 is 0. The van der Waals surface area contributed by atoms with Crippen molar-refractivity contribution in [3.63, 3.8) is 0 Å². The predicted octanol–water partition coefficient (Wildman–Crippen LogP) is 3.28. The summed E-state index contributed by atoms with van der Waals surface area (Å²) in [6.45, 7) is 11.2. The summed E-state index contributed by atoms with van der Waals surface area (Å²) >= 11 is 0. The molecule has 0 saturated carbocycles. The Kier molecular flexibility index (Phi) is 5.46. The molecule has 0 spiro atoms. The van der Waals surface area contributed by atoms with Crippen LogP contribution >= 0.6 is 12.4 Å². The highest BCUT2D eigenvalue weighted by molar-refractivity contribution is 5.97. The molecular weight excluding hydrogens is 284 g/mol. The number of carbonyl (C=O) groups is 1. The zero-order valence-electron chi connectivity index (χ0n) is 13.6. The molecule has 2 rings (SSSR count). The number of fused-ring (bicyclic) bond motifs is 1. The van der Waals surface area contributed by atoms with E-state index in [4.69, 9.17) is 5.73 Å². The Balaban J connectivity index is 0.00000220. The summed E-state index contributed by atoms with van der Waals surface area (Å²) in [6.07, 6.45) is 0.941. The van der Waals surface area contributed by atoms with Gasteiger partial charge in [0.25, 0.3) is 0 Å². The highest BCUT2D eigenvalue weighted by Gasteiger charge is 2.30. The first kappa shape index (κ1) is 18.0. The van der Waals surface area contributed by atoms with E-state index >= 15 is 0 Å². The maximum atomic E-state index is 12.5. The Morgan fingerprint density at radius 1 is 1.29 bits per heavy atom. The molecule has 1 aliphatic rings. The summed E-state index contributed by atoms with van der Waals surface area (Å²) in [6, 6.07) is 6.37. The van der Waals surface area contributed by atoms with Crippen molar-refractivity contribution in [2.24, 2.45) is 11.7 Å². The average molecular weight is 311 g/mol. The second-order valence-corrected chi connectivity index (χ2v) is 6.98. The van der Waals surface area contributed by atoms with Crippen LogP contribution in [0, 0.1) is 5.92 Å². The van der Waals surface area contributed by atoms with Crippen LogP contribution in [0.25, 0.3) is 0 Å². The molecule has 2 atom stereocenters. The van der Waals surface area contributed by atoms with E-state index in [1.165, 1.54) is 11.1 Å². The molecule has 0 saturated heterocycles. The standard InChI is InChI=1S/C17H26N2O.ClH/c1-11(12(2)18)16(20)19-9-8-13-10-14(17(3,4)5)6-7-15(13)19;/h6-7,10-12H,8-9,18H2,1-5H3;1H. The van der Waals surface area contributed by atoms with Crippen molar-refractivity contribution in [2.75, 3.05) is 11.4 Å². The zero-order valence-corrected chi connectivity index (χ0v) is 14.5. The topological polar surface area (TPSA) is 46.3 Å². The number of hydrogen-bond donors (Lipinski definition) is 1. The van der Waals surface area contributed by atoms with E-state index in [1.807, 2.05) is 18.7 Å². The first-order chi connectivity index (χ1) is 9.21. The Bertz CT molecular complexity index is 520. The third-order valence-electron chi connectivity index (χ3n) is 4.29. The van der Waals surface area contributed by atoms with Crippen LogP contribution in [0.2, 0.25) is 0 Å². The Labute approximate surface area is 134 Å². The van der Waals surface area contributed by atoms with E-state index < -0.39 is 0 Å². The molecule has 118 valence electrons. The maximum Gasteiger partial charge on any atom is 0.231 e. The van der Waals surface area contributed by atoms with Gasteiger partial charge in [-0.1, -0.05) is 39.8 Å². The molecule has 4 heteroatoms. The summed E-state index contributed by atoms with van der Waals surface area (Å²) in [5.74, 6) is 0.00509. The summed E-state index contributed by atoms with van der Waals surface area (Å²) in [5, 5.41) is 0. The third-order valence-corrected chi connectivity index (χ3v) is 4.29. The van der Waals surface area contributed by atoms with Crippen LogP contribution in [0.15, 0.2) is 18.2 Å². The first-order valence-electron chi connectivity index (χ1n) is 7.42. The molecule has 1 aliphatic heterocycles. The number of nitrogens with zero attached hydrogens (tertiary/aromatic N) is 1. The first-order valence-corrected chi connectivity index (χ1v) is 7.42. The average Bonchev–Trinajstić information content (AvgIpc) is 2.78. The van der Waals surface area contributed by atoms with Gasteiger partial charge in [-0.2, -0.15) is 0 Å². The minimum Gasteiger partial charge on any atom is -0.327 e. The van der Waals surface area contributed by atoms with Crippen molar-refractivity contribution in [2.45, 2.75) is 52.5 Å². The van der Waals surface area contributed by atoms with Gasteiger partial charge in [0.05, 0.1) is 5.92 Å². The van der Waals surface area contributed by atoms with Crippen LogP contribution in [-0.2, 0) is 16.6 Å². The number of amides is 1. The van der Waals surface area contributed by atoms with Crippen LogP contribution in [0.5, 0.6) is 0 Å². The molecule has 2 unspecified atom stereocenters. The van der Waals surface area contributed by atoms with Gasteiger partial charge in [0, 0.05) is 18.3 Å². The van der Waals surface area contributed by atoms with E-state index in [2.05, 4.69) is 39.0 Å². The molecule has 0 aliphatic carbocycles. The normalized spacial score (nSPS) is 17.0. The minimum absolute atomic E-state index is 0. The fourth-order valence-electron chi connectivity index (χ4n) is 2.57. The maximum absolute atomic E-state index is 12.5. The molecular formula is C17H27ClN2O. The second kappa shape index (κ2) is 6.37. The predicted molar refractivity (Wildman–Crippen MR) is 91.3 cm³/mol. The number of carbonyl (C=O) groups excluding carboxylic acids is 1. The molecule has 0 fully saturated rings. The molecule has 3 nitrogen and oxygen atoms in total. The Hall–Kier alpha value is -1.06. The molecule has 21 heavy (non-hydrogen) atoms. The second-order valence-electron chi connectivity index (χ2n) is 6.98. The van der Waals surface area contributed by atoms with Gasteiger partial charge < -0.3 is 10.6 Å². The van der Waals surface area contributed by atoms with E-state index in [-0.39, 0.29) is 35.7 Å². The van der Waals surface area contributed by atoms with Gasteiger partial charge in [-0.05, 0) is 36.0 Å². The monoisotopic (exact) mass is 310 g/mol. The van der Waals surface area contributed by atoms with Crippen molar-refractivity contribution in [1.29, 1.82) is 0 Å². The van der Waals surface area contributed by atoms with Gasteiger partial charge in [-0.3, -0.25) is 4.79 Å². The Morgan fingerprint density at radius 2 is 1.90 bits per heavy atom. The lowest BCUT2D eigenvalue weighted by Crippen LogP contribution is -2.41. The van der Waals surface area contributed by atoms with Crippen molar-refractivity contribution in [3.8, 4) is 0 Å². The highest BCUT2D eigenvalue weighted by Crippen LogP contribution is 2.33. The van der Waals surface area contributed by atoms with E-state index in [9.17, 15) is 4.79 Å². The number of rotatable bonds is 2. The van der Waals surface area contributed by atoms with Gasteiger partial charge >= 0.3 is 0 Å². The van der Waals surface area contributed by atoms with Gasteiger partial charge in [0.1, 0.15) is 0 Å². The van der Waals surface area contributed by atoms with E-state index in [0.29, 0.717) is 0 Å². The van der Waals surface area contributed by atoms with Crippen LogP contribution in [0.1, 0.15) is 45.7 Å². The molecule has 1 aromatic carbocycles. The molecule has 1 aromatic rings. The lowest BCUT2D eigenvalue weighted by Gasteiger charge is -2.25. The summed E-state index contributed by atoms with van der Waals surface area (Å²) in [5.41, 5.74) is 9.67. The molecule has 2 N–H and O–H groups in total. The van der Waals surface area contributed by atoms with Crippen molar-refractivity contribution in [1.82, 2.24) is 0 Å². The smallest absolute Gasteiger partial charge is 0.231 e. The van der Waals surface area contributed by atoms with Crippen molar-refractivity contribution >= 4 is 24.0 Å². The highest BCUT2D eigenvalue weighted by atomic mass is 35.5. The van der Waals surface area contributed by atoms with E-state index in [0.717, 1.165) is 18.7 Å². The fourth-order valence-corrected chi connectivity index (χ4v) is 2.57. The third kappa shape index (κ3) is 3.58. The molecule has 0 radical (unpaired) electrons. The van der Waals surface area contributed by atoms with Gasteiger partial charge in [0.15, 0.2) is 0 Å². The molecule has 1 amide bonds. The number of hydrogen-bond acceptors (Lipinski definition) is 2. The van der Waals surface area contributed by atoms with Crippen molar-refractivity contribution < 1.29 is 4.79 Å². The SMILES string of the molecule is CC(N)C(C)C(=O)N1CCc2cc(C(C)(C)C)ccc21.Cl. The lowest BCUT2D eigenvalue weighted by atomic mass is 9.86. The van der Waals surface area contributed by atoms with E-state index in [1.54, 1.807) is 0 Å². The summed E-state index contributed by atoms with van der Waals surface area (Å²) in [4.78, 5) is 14.4.